The highest BCUT2D eigenvalue weighted by molar-refractivity contribution is 6.12. The van der Waals surface area contributed by atoms with Crippen molar-refractivity contribution in [3.63, 3.8) is 0 Å². The van der Waals surface area contributed by atoms with E-state index in [0.29, 0.717) is 0 Å². The monoisotopic (exact) mass is 264 g/mol. The van der Waals surface area contributed by atoms with Crippen LogP contribution in [-0.4, -0.2) is 15.9 Å². The zero-order valence-electron chi connectivity index (χ0n) is 11.6. The third kappa shape index (κ3) is 1.50. The van der Waals surface area contributed by atoms with Crippen molar-refractivity contribution in [2.75, 3.05) is 0 Å². The lowest BCUT2D eigenvalue weighted by Crippen LogP contribution is -1.95. The number of aromatic hydroxyl groups is 1. The Labute approximate surface area is 117 Å². The van der Waals surface area contributed by atoms with Crippen LogP contribution >= 0.6 is 0 Å². The van der Waals surface area contributed by atoms with E-state index in [9.17, 15) is 5.11 Å². The molecule has 1 heterocycles. The molecule has 0 saturated carbocycles. The summed E-state index contributed by atoms with van der Waals surface area (Å²) in [6, 6.07) is 7.39. The zero-order valence-corrected chi connectivity index (χ0v) is 11.6. The lowest BCUT2D eigenvalue weighted by Gasteiger charge is -2.09. The third-order valence-electron chi connectivity index (χ3n) is 3.95. The summed E-state index contributed by atoms with van der Waals surface area (Å²) in [4.78, 5) is 0. The van der Waals surface area contributed by atoms with Gasteiger partial charge in [-0.1, -0.05) is 12.7 Å². The van der Waals surface area contributed by atoms with Gasteiger partial charge in [0.15, 0.2) is 0 Å². The fraction of sp³-hybridized carbons (Fsp3) is 0.118. The average Bonchev–Trinajstić information content (AvgIpc) is 2.71. The fourth-order valence-electron chi connectivity index (χ4n) is 3.03. The maximum absolute atomic E-state index is 9.73. The first-order chi connectivity index (χ1) is 9.58. The zero-order chi connectivity index (χ0) is 14.4. The summed E-state index contributed by atoms with van der Waals surface area (Å²) in [6.45, 7) is 5.90. The minimum Gasteiger partial charge on any atom is -0.508 e. The van der Waals surface area contributed by atoms with Crippen LogP contribution in [0.3, 0.4) is 0 Å². The molecule has 1 aromatic heterocycles. The molecule has 3 aromatic rings. The normalized spacial score (nSPS) is 11.1. The quantitative estimate of drug-likeness (QED) is 0.676. The fourth-order valence-corrected chi connectivity index (χ4v) is 3.03. The van der Waals surface area contributed by atoms with Gasteiger partial charge in [-0.05, 0) is 42.3 Å². The van der Waals surface area contributed by atoms with Crippen LogP contribution in [-0.2, 0) is 7.05 Å². The van der Waals surface area contributed by atoms with E-state index < -0.39 is 0 Å². The molecule has 100 valence electrons. The molecular formula is C17H16N2O. The molecule has 0 spiro atoms. The predicted octanol–water partition coefficient (Wildman–Crippen LogP) is 3.99. The van der Waals surface area contributed by atoms with Crippen molar-refractivity contribution in [2.45, 2.75) is 6.92 Å². The number of benzene rings is 2. The van der Waals surface area contributed by atoms with E-state index >= 15 is 0 Å². The molecule has 0 radical (unpaired) electrons. The largest absolute Gasteiger partial charge is 0.508 e. The Kier molecular flexibility index (Phi) is 2.64. The van der Waals surface area contributed by atoms with Crippen LogP contribution in [0.5, 0.6) is 5.75 Å². The summed E-state index contributed by atoms with van der Waals surface area (Å²) in [5.74, 6) is 0.256. The minimum absolute atomic E-state index is 0.256. The maximum atomic E-state index is 9.73. The third-order valence-corrected chi connectivity index (χ3v) is 3.95. The molecule has 3 nitrogen and oxygen atoms in total. The molecule has 3 rings (SSSR count). The van der Waals surface area contributed by atoms with Gasteiger partial charge in [0.1, 0.15) is 5.75 Å². The van der Waals surface area contributed by atoms with E-state index in [0.717, 1.165) is 38.5 Å². The summed E-state index contributed by atoms with van der Waals surface area (Å²) < 4.78 is 2.13. The molecule has 0 unspecified atom stereocenters. The van der Waals surface area contributed by atoms with Crippen LogP contribution < -0.4 is 0 Å². The van der Waals surface area contributed by atoms with E-state index in [-0.39, 0.29) is 5.75 Å². The van der Waals surface area contributed by atoms with Gasteiger partial charge in [-0.25, -0.2) is 0 Å². The van der Waals surface area contributed by atoms with Crippen LogP contribution in [0, 0.1) is 12.3 Å². The first-order valence-electron chi connectivity index (χ1n) is 6.46. The summed E-state index contributed by atoms with van der Waals surface area (Å²) in [5.41, 5.74) is 5.13. The van der Waals surface area contributed by atoms with Crippen molar-refractivity contribution in [3.8, 4) is 5.75 Å². The number of phenols is 1. The van der Waals surface area contributed by atoms with Crippen molar-refractivity contribution in [1.82, 2.24) is 4.57 Å². The SMILES string of the molecule is C=Cc1c(C=N)cc2c3cc(O)ccc3n(C)c2c1C. The van der Waals surface area contributed by atoms with Crippen LogP contribution in [0.4, 0.5) is 0 Å². The lowest BCUT2D eigenvalue weighted by atomic mass is 9.98. The standard InChI is InChI=1S/C17H16N2O/c1-4-13-10(2)17-15(7-11(13)9-18)14-8-12(20)5-6-16(14)19(17)3/h4-9,18,20H,1H2,2-3H3. The molecule has 20 heavy (non-hydrogen) atoms. The molecule has 0 amide bonds. The predicted molar refractivity (Wildman–Crippen MR) is 84.8 cm³/mol. The van der Waals surface area contributed by atoms with Gasteiger partial charge in [0.2, 0.25) is 0 Å². The Morgan fingerprint density at radius 1 is 1.25 bits per heavy atom. The molecule has 2 N–H and O–H groups in total. The molecule has 0 aliphatic rings. The first-order valence-corrected chi connectivity index (χ1v) is 6.46. The van der Waals surface area contributed by atoms with E-state index in [1.54, 1.807) is 18.2 Å². The average molecular weight is 264 g/mol. The lowest BCUT2D eigenvalue weighted by molar-refractivity contribution is 0.476. The molecule has 0 fully saturated rings. The van der Waals surface area contributed by atoms with Crippen LogP contribution in [0.25, 0.3) is 27.9 Å². The van der Waals surface area contributed by atoms with Gasteiger partial charge in [0.25, 0.3) is 0 Å². The molecular weight excluding hydrogens is 248 g/mol. The van der Waals surface area contributed by atoms with Crippen molar-refractivity contribution >= 4 is 34.1 Å². The van der Waals surface area contributed by atoms with Gasteiger partial charge in [0.05, 0.1) is 5.52 Å². The second-order valence-electron chi connectivity index (χ2n) is 5.01. The second-order valence-corrected chi connectivity index (χ2v) is 5.01. The van der Waals surface area contributed by atoms with Crippen LogP contribution in [0.2, 0.25) is 0 Å². The number of nitrogens with one attached hydrogen (secondary N) is 1. The van der Waals surface area contributed by atoms with Gasteiger partial charge in [-0.15, -0.1) is 0 Å². The van der Waals surface area contributed by atoms with Crippen molar-refractivity contribution in [2.24, 2.45) is 7.05 Å². The van der Waals surface area contributed by atoms with E-state index in [2.05, 4.69) is 11.1 Å². The molecule has 0 aliphatic carbocycles. The first kappa shape index (κ1) is 12.5. The Bertz CT molecular complexity index is 872. The van der Waals surface area contributed by atoms with Crippen molar-refractivity contribution in [3.05, 3.63) is 47.5 Å². The summed E-state index contributed by atoms with van der Waals surface area (Å²) in [6.07, 6.45) is 3.15. The molecule has 0 saturated heterocycles. The van der Waals surface area contributed by atoms with Gasteiger partial charge in [-0.3, -0.25) is 0 Å². The van der Waals surface area contributed by atoms with E-state index in [1.165, 1.54) is 6.21 Å². The van der Waals surface area contributed by atoms with E-state index in [4.69, 9.17) is 5.41 Å². The Balaban J connectivity index is 2.63. The number of hydrogen-bond acceptors (Lipinski definition) is 2. The molecule has 0 aliphatic heterocycles. The number of phenolic OH excluding ortho intramolecular Hbond substituents is 1. The molecule has 0 atom stereocenters. The second kappa shape index (κ2) is 4.23. The van der Waals surface area contributed by atoms with Crippen molar-refractivity contribution < 1.29 is 5.11 Å². The smallest absolute Gasteiger partial charge is 0.116 e. The number of aromatic nitrogens is 1. The highest BCUT2D eigenvalue weighted by Crippen LogP contribution is 2.35. The topological polar surface area (TPSA) is 49.0 Å². The van der Waals surface area contributed by atoms with Gasteiger partial charge >= 0.3 is 0 Å². The number of hydrogen-bond donors (Lipinski definition) is 2. The van der Waals surface area contributed by atoms with Crippen LogP contribution in [0.15, 0.2) is 30.8 Å². The highest BCUT2D eigenvalue weighted by atomic mass is 16.3. The summed E-state index contributed by atoms with van der Waals surface area (Å²) in [5, 5.41) is 19.4. The Morgan fingerprint density at radius 3 is 2.65 bits per heavy atom. The number of rotatable bonds is 2. The minimum atomic E-state index is 0.256. The molecule has 3 heteroatoms. The Hall–Kier alpha value is -2.55. The van der Waals surface area contributed by atoms with Crippen molar-refractivity contribution in [1.29, 1.82) is 5.41 Å². The van der Waals surface area contributed by atoms with Gasteiger partial charge in [0, 0.05) is 35.1 Å². The number of fused-ring (bicyclic) bond motifs is 3. The number of aryl methyl sites for hydroxylation is 2. The highest BCUT2D eigenvalue weighted by Gasteiger charge is 2.14. The molecule has 0 bridgehead atoms. The van der Waals surface area contributed by atoms with Gasteiger partial charge < -0.3 is 15.1 Å². The van der Waals surface area contributed by atoms with Gasteiger partial charge in [-0.2, -0.15) is 0 Å². The van der Waals surface area contributed by atoms with Crippen LogP contribution in [0.1, 0.15) is 16.7 Å². The Morgan fingerprint density at radius 2 is 2.00 bits per heavy atom. The van der Waals surface area contributed by atoms with E-state index in [1.807, 2.05) is 26.1 Å². The summed E-state index contributed by atoms with van der Waals surface area (Å²) >= 11 is 0. The number of nitrogens with zero attached hydrogens (tertiary/aromatic N) is 1. The summed E-state index contributed by atoms with van der Waals surface area (Å²) in [7, 11) is 2.02. The maximum Gasteiger partial charge on any atom is 0.116 e. The molecule has 2 aromatic carbocycles.